The van der Waals surface area contributed by atoms with E-state index in [2.05, 4.69) is 34.0 Å². The molecule has 29 heavy (non-hydrogen) atoms. The fourth-order valence-corrected chi connectivity index (χ4v) is 3.68. The number of carbonyl (C=O) groups excluding carboxylic acids is 1. The van der Waals surface area contributed by atoms with Crippen molar-refractivity contribution in [3.05, 3.63) is 47.3 Å². The monoisotopic (exact) mass is 407 g/mol. The SMILES string of the molecule is CC(C)C[C@H]1CN(c2ccc(CC(F)F)c(C(=O)c3cccnc3N)n2)CCN1.[HH].[HH]. The molecule has 1 saturated heterocycles. The maximum atomic E-state index is 13.1. The molecule has 1 fully saturated rings. The summed E-state index contributed by atoms with van der Waals surface area (Å²) >= 11 is 0. The Kier molecular flexibility index (Phi) is 6.74. The van der Waals surface area contributed by atoms with Crippen molar-refractivity contribution in [2.75, 3.05) is 30.3 Å². The number of anilines is 2. The van der Waals surface area contributed by atoms with Crippen LogP contribution in [0, 0.1) is 5.92 Å². The lowest BCUT2D eigenvalue weighted by atomic mass is 10.0. The topological polar surface area (TPSA) is 84.1 Å². The van der Waals surface area contributed by atoms with E-state index < -0.39 is 18.6 Å². The number of carbonyl (C=O) groups is 1. The minimum atomic E-state index is -2.57. The summed E-state index contributed by atoms with van der Waals surface area (Å²) in [6.07, 6.45) is -0.606. The molecule has 2 aromatic rings. The highest BCUT2D eigenvalue weighted by Gasteiger charge is 2.25. The first kappa shape index (κ1) is 21.1. The van der Waals surface area contributed by atoms with Gasteiger partial charge in [-0.15, -0.1) is 0 Å². The van der Waals surface area contributed by atoms with Crippen molar-refractivity contribution in [1.29, 1.82) is 0 Å². The van der Waals surface area contributed by atoms with E-state index in [0.29, 0.717) is 17.8 Å². The number of hydrogen-bond acceptors (Lipinski definition) is 6. The second kappa shape index (κ2) is 9.26. The van der Waals surface area contributed by atoms with Crippen LogP contribution < -0.4 is 16.0 Å². The van der Waals surface area contributed by atoms with Crippen LogP contribution in [-0.4, -0.2) is 47.9 Å². The summed E-state index contributed by atoms with van der Waals surface area (Å²) in [5, 5.41) is 3.50. The van der Waals surface area contributed by atoms with Gasteiger partial charge in [-0.1, -0.05) is 19.9 Å². The molecule has 0 bridgehead atoms. The van der Waals surface area contributed by atoms with Crippen molar-refractivity contribution < 1.29 is 16.4 Å². The minimum Gasteiger partial charge on any atom is -0.383 e. The van der Waals surface area contributed by atoms with Gasteiger partial charge in [-0.25, -0.2) is 18.7 Å². The van der Waals surface area contributed by atoms with Gasteiger partial charge in [0.1, 0.15) is 17.3 Å². The van der Waals surface area contributed by atoms with Crippen molar-refractivity contribution in [2.24, 2.45) is 5.92 Å². The minimum absolute atomic E-state index is 0. The molecule has 0 aromatic carbocycles. The molecule has 1 atom stereocenters. The van der Waals surface area contributed by atoms with Gasteiger partial charge < -0.3 is 16.0 Å². The standard InChI is InChI=1S/C21H27F2N5O.2H2/c1-13(2)10-15-12-28(9-8-25-15)18-6-5-14(11-17(22)23)19(27-18)20(29)16-4-3-7-26-21(16)24;;/h3-7,13,15,17,25H,8-12H2,1-2H3,(H2,24,26);2*1H/t15-;;/m0../s1. The predicted octanol–water partition coefficient (Wildman–Crippen LogP) is 3.41. The van der Waals surface area contributed by atoms with Crippen LogP contribution >= 0.6 is 0 Å². The maximum absolute atomic E-state index is 13.1. The average molecular weight is 408 g/mol. The van der Waals surface area contributed by atoms with Crippen LogP contribution in [0.2, 0.25) is 0 Å². The lowest BCUT2D eigenvalue weighted by molar-refractivity contribution is 0.103. The number of ketones is 1. The molecule has 0 radical (unpaired) electrons. The van der Waals surface area contributed by atoms with Crippen molar-refractivity contribution in [2.45, 2.75) is 39.2 Å². The van der Waals surface area contributed by atoms with Gasteiger partial charge in [0, 0.05) is 41.1 Å². The summed E-state index contributed by atoms with van der Waals surface area (Å²) in [6, 6.07) is 6.74. The van der Waals surface area contributed by atoms with Crippen molar-refractivity contribution in [1.82, 2.24) is 15.3 Å². The number of hydrogen-bond donors (Lipinski definition) is 2. The first-order valence-corrected chi connectivity index (χ1v) is 9.86. The fraction of sp³-hybridized carbons (Fsp3) is 0.476. The van der Waals surface area contributed by atoms with Crippen molar-refractivity contribution in [3.63, 3.8) is 0 Å². The Balaban J connectivity index is 0.00000240. The normalized spacial score (nSPS) is 17.2. The van der Waals surface area contributed by atoms with E-state index in [-0.39, 0.29) is 25.5 Å². The predicted molar refractivity (Wildman–Crippen MR) is 114 cm³/mol. The lowest BCUT2D eigenvalue weighted by Crippen LogP contribution is -2.51. The van der Waals surface area contributed by atoms with Gasteiger partial charge >= 0.3 is 0 Å². The second-order valence-electron chi connectivity index (χ2n) is 7.76. The highest BCUT2D eigenvalue weighted by molar-refractivity contribution is 6.11. The van der Waals surface area contributed by atoms with Gasteiger partial charge in [-0.3, -0.25) is 4.79 Å². The van der Waals surface area contributed by atoms with Gasteiger partial charge in [0.15, 0.2) is 0 Å². The molecule has 1 aliphatic heterocycles. The quantitative estimate of drug-likeness (QED) is 0.685. The molecular weight excluding hydrogens is 376 g/mol. The Bertz CT molecular complexity index is 869. The number of nitrogen functional groups attached to an aromatic ring is 1. The van der Waals surface area contributed by atoms with Gasteiger partial charge in [0.2, 0.25) is 12.2 Å². The molecule has 0 amide bonds. The lowest BCUT2D eigenvalue weighted by Gasteiger charge is -2.35. The molecule has 0 aliphatic carbocycles. The summed E-state index contributed by atoms with van der Waals surface area (Å²) in [5.41, 5.74) is 6.23. The van der Waals surface area contributed by atoms with E-state index in [1.54, 1.807) is 18.2 Å². The summed E-state index contributed by atoms with van der Waals surface area (Å²) < 4.78 is 26.2. The summed E-state index contributed by atoms with van der Waals surface area (Å²) in [6.45, 7) is 6.64. The fourth-order valence-electron chi connectivity index (χ4n) is 3.68. The number of alkyl halides is 2. The van der Waals surface area contributed by atoms with Crippen LogP contribution in [0.1, 0.15) is 44.7 Å². The van der Waals surface area contributed by atoms with Gasteiger partial charge in [0.25, 0.3) is 0 Å². The zero-order valence-electron chi connectivity index (χ0n) is 16.7. The molecule has 2 aromatic heterocycles. The molecule has 0 spiro atoms. The zero-order valence-corrected chi connectivity index (χ0v) is 16.7. The molecule has 3 heterocycles. The molecule has 160 valence electrons. The van der Waals surface area contributed by atoms with Crippen LogP contribution in [0.25, 0.3) is 0 Å². The van der Waals surface area contributed by atoms with Gasteiger partial charge in [-0.05, 0) is 36.1 Å². The number of nitrogens with two attached hydrogens (primary N) is 1. The van der Waals surface area contributed by atoms with E-state index in [0.717, 1.165) is 26.1 Å². The molecule has 3 N–H and O–H groups in total. The van der Waals surface area contributed by atoms with Gasteiger partial charge in [-0.2, -0.15) is 0 Å². The molecular formula is C21H31F2N5O. The van der Waals surface area contributed by atoms with Crippen molar-refractivity contribution >= 4 is 17.4 Å². The van der Waals surface area contributed by atoms with E-state index in [4.69, 9.17) is 5.73 Å². The van der Waals surface area contributed by atoms with Crippen LogP contribution in [0.3, 0.4) is 0 Å². The molecule has 0 unspecified atom stereocenters. The first-order valence-electron chi connectivity index (χ1n) is 9.86. The molecule has 8 heteroatoms. The van der Waals surface area contributed by atoms with Crippen LogP contribution in [0.4, 0.5) is 20.4 Å². The second-order valence-corrected chi connectivity index (χ2v) is 7.76. The van der Waals surface area contributed by atoms with E-state index in [1.807, 2.05) is 0 Å². The number of rotatable bonds is 7. The maximum Gasteiger partial charge on any atom is 0.242 e. The number of piperazine rings is 1. The number of aromatic nitrogens is 2. The highest BCUT2D eigenvalue weighted by atomic mass is 19.3. The van der Waals surface area contributed by atoms with Crippen LogP contribution in [0.15, 0.2) is 30.5 Å². The van der Waals surface area contributed by atoms with Crippen LogP contribution in [-0.2, 0) is 6.42 Å². The highest BCUT2D eigenvalue weighted by Crippen LogP contribution is 2.23. The Labute approximate surface area is 172 Å². The van der Waals surface area contributed by atoms with Crippen LogP contribution in [0.5, 0.6) is 0 Å². The third-order valence-electron chi connectivity index (χ3n) is 4.97. The number of nitrogens with zero attached hydrogens (tertiary/aromatic N) is 3. The number of nitrogens with one attached hydrogen (secondary N) is 1. The summed E-state index contributed by atoms with van der Waals surface area (Å²) in [7, 11) is 0. The summed E-state index contributed by atoms with van der Waals surface area (Å²) in [5.74, 6) is 0.748. The Morgan fingerprint density at radius 1 is 1.38 bits per heavy atom. The van der Waals surface area contributed by atoms with Crippen molar-refractivity contribution in [3.8, 4) is 0 Å². The third kappa shape index (κ3) is 5.26. The Morgan fingerprint density at radius 3 is 2.86 bits per heavy atom. The molecule has 3 rings (SSSR count). The first-order chi connectivity index (χ1) is 13.8. The Morgan fingerprint density at radius 2 is 2.17 bits per heavy atom. The van der Waals surface area contributed by atoms with Gasteiger partial charge in [0.05, 0.1) is 5.56 Å². The molecule has 0 saturated carbocycles. The van der Waals surface area contributed by atoms with E-state index in [9.17, 15) is 13.6 Å². The summed E-state index contributed by atoms with van der Waals surface area (Å²) in [4.78, 5) is 23.6. The average Bonchev–Trinajstić information content (AvgIpc) is 2.67. The third-order valence-corrected chi connectivity index (χ3v) is 4.97. The molecule has 1 aliphatic rings. The Hall–Kier alpha value is -2.61. The zero-order chi connectivity index (χ0) is 21.0. The molecule has 6 nitrogen and oxygen atoms in total. The smallest absolute Gasteiger partial charge is 0.242 e. The van der Waals surface area contributed by atoms with E-state index in [1.165, 1.54) is 12.3 Å². The largest absolute Gasteiger partial charge is 0.383 e. The number of halogens is 2. The van der Waals surface area contributed by atoms with E-state index >= 15 is 0 Å². The number of pyridine rings is 2.